The Morgan fingerprint density at radius 3 is 2.78 bits per heavy atom. The summed E-state index contributed by atoms with van der Waals surface area (Å²) in [5.41, 5.74) is 9.29. The number of nitrogens with zero attached hydrogens (tertiary/aromatic N) is 2. The number of anilines is 1. The van der Waals surface area contributed by atoms with Crippen molar-refractivity contribution >= 4 is 17.6 Å². The molecule has 1 aromatic heterocycles. The molecule has 0 saturated carbocycles. The number of rotatable bonds is 8. The second-order valence-electron chi connectivity index (χ2n) is 6.89. The van der Waals surface area contributed by atoms with Crippen LogP contribution in [0.2, 0.25) is 0 Å². The molecule has 3 N–H and O–H groups in total. The lowest BCUT2D eigenvalue weighted by Crippen LogP contribution is -2.14. The third-order valence-corrected chi connectivity index (χ3v) is 4.68. The molecular weight excluding hydrogens is 411 g/mol. The fraction of sp³-hybridized carbons (Fsp3) is 0.167. The highest BCUT2D eigenvalue weighted by Crippen LogP contribution is 2.27. The van der Waals surface area contributed by atoms with Crippen molar-refractivity contribution < 1.29 is 18.7 Å². The van der Waals surface area contributed by atoms with Crippen molar-refractivity contribution in [3.63, 3.8) is 0 Å². The summed E-state index contributed by atoms with van der Waals surface area (Å²) in [6.45, 7) is 0.304. The molecule has 0 radical (unpaired) electrons. The lowest BCUT2D eigenvalue weighted by atomic mass is 9.95. The first kappa shape index (κ1) is 22.6. The standard InChI is InChI=1S/C24H21FN4O3/c25-21-15-28-9-7-22(21)29-24(31)18-5-6-19(14-27)20(13-18)17-4-1-3-16(11-17)12-23(30)32-10-2-8-26/h1,3-7,9,11,13,15H,2,10,12,14,27H2,(H,28,29,31). The van der Waals surface area contributed by atoms with E-state index in [9.17, 15) is 14.0 Å². The number of amides is 1. The van der Waals surface area contributed by atoms with Crippen LogP contribution in [0.25, 0.3) is 11.1 Å². The maximum atomic E-state index is 13.8. The van der Waals surface area contributed by atoms with E-state index in [4.69, 9.17) is 15.7 Å². The van der Waals surface area contributed by atoms with Gasteiger partial charge in [-0.25, -0.2) is 4.39 Å². The molecular formula is C24H21FN4O3. The number of nitrogens with one attached hydrogen (secondary N) is 1. The van der Waals surface area contributed by atoms with E-state index in [0.717, 1.165) is 28.5 Å². The minimum Gasteiger partial charge on any atom is -0.464 e. The number of carbonyl (C=O) groups excluding carboxylic acids is 2. The summed E-state index contributed by atoms with van der Waals surface area (Å²) < 4.78 is 18.9. The van der Waals surface area contributed by atoms with E-state index in [-0.39, 0.29) is 31.7 Å². The number of ether oxygens (including phenoxy) is 1. The summed E-state index contributed by atoms with van der Waals surface area (Å²) in [6.07, 6.45) is 2.61. The van der Waals surface area contributed by atoms with E-state index >= 15 is 0 Å². The van der Waals surface area contributed by atoms with E-state index in [1.807, 2.05) is 18.2 Å². The van der Waals surface area contributed by atoms with Gasteiger partial charge < -0.3 is 15.8 Å². The van der Waals surface area contributed by atoms with Gasteiger partial charge in [0, 0.05) is 18.3 Å². The Hall–Kier alpha value is -4.09. The van der Waals surface area contributed by atoms with Gasteiger partial charge in [0.05, 0.1) is 30.8 Å². The van der Waals surface area contributed by atoms with E-state index in [1.165, 1.54) is 12.3 Å². The van der Waals surface area contributed by atoms with Gasteiger partial charge in [-0.05, 0) is 40.5 Å². The molecule has 0 saturated heterocycles. The number of hydrogen-bond donors (Lipinski definition) is 2. The predicted octanol–water partition coefficient (Wildman–Crippen LogP) is 3.60. The molecule has 1 heterocycles. The van der Waals surface area contributed by atoms with Crippen LogP contribution in [0.3, 0.4) is 0 Å². The normalized spacial score (nSPS) is 10.3. The van der Waals surface area contributed by atoms with E-state index in [1.54, 1.807) is 30.3 Å². The van der Waals surface area contributed by atoms with Crippen LogP contribution in [-0.4, -0.2) is 23.5 Å². The van der Waals surface area contributed by atoms with Gasteiger partial charge in [-0.1, -0.05) is 30.3 Å². The Kier molecular flexibility index (Phi) is 7.62. The van der Waals surface area contributed by atoms with Gasteiger partial charge in [0.15, 0.2) is 5.82 Å². The van der Waals surface area contributed by atoms with E-state index < -0.39 is 17.7 Å². The third-order valence-electron chi connectivity index (χ3n) is 4.68. The Bertz CT molecular complexity index is 1170. The number of aromatic nitrogens is 1. The minimum absolute atomic E-state index is 0.0337. The van der Waals surface area contributed by atoms with Crippen molar-refractivity contribution in [2.24, 2.45) is 5.73 Å². The zero-order valence-corrected chi connectivity index (χ0v) is 17.2. The highest BCUT2D eigenvalue weighted by molar-refractivity contribution is 6.05. The highest BCUT2D eigenvalue weighted by atomic mass is 19.1. The van der Waals surface area contributed by atoms with E-state index in [2.05, 4.69) is 10.3 Å². The summed E-state index contributed by atoms with van der Waals surface area (Å²) in [6, 6.07) is 15.6. The number of nitriles is 1. The number of benzene rings is 2. The van der Waals surface area contributed by atoms with Crippen molar-refractivity contribution in [3.8, 4) is 17.2 Å². The van der Waals surface area contributed by atoms with Crippen LogP contribution in [0, 0.1) is 17.1 Å². The molecule has 0 atom stereocenters. The Morgan fingerprint density at radius 1 is 1.19 bits per heavy atom. The number of hydrogen-bond acceptors (Lipinski definition) is 6. The highest BCUT2D eigenvalue weighted by Gasteiger charge is 2.14. The van der Waals surface area contributed by atoms with Gasteiger partial charge in [0.2, 0.25) is 0 Å². The topological polar surface area (TPSA) is 118 Å². The summed E-state index contributed by atoms with van der Waals surface area (Å²) in [5, 5.41) is 11.1. The molecule has 0 bridgehead atoms. The average molecular weight is 432 g/mol. The van der Waals surface area contributed by atoms with Crippen LogP contribution in [-0.2, 0) is 22.5 Å². The SMILES string of the molecule is N#CCCOC(=O)Cc1cccc(-c2cc(C(=O)Nc3ccncc3F)ccc2CN)c1. The van der Waals surface area contributed by atoms with Crippen molar-refractivity contribution in [3.05, 3.63) is 83.4 Å². The van der Waals surface area contributed by atoms with Gasteiger partial charge in [-0.3, -0.25) is 14.6 Å². The van der Waals surface area contributed by atoms with Crippen molar-refractivity contribution in [2.45, 2.75) is 19.4 Å². The largest absolute Gasteiger partial charge is 0.464 e. The van der Waals surface area contributed by atoms with Crippen molar-refractivity contribution in [1.82, 2.24) is 4.98 Å². The van der Waals surface area contributed by atoms with Gasteiger partial charge in [-0.2, -0.15) is 5.26 Å². The second kappa shape index (κ2) is 10.8. The van der Waals surface area contributed by atoms with Crippen LogP contribution in [0.4, 0.5) is 10.1 Å². The van der Waals surface area contributed by atoms with Crippen LogP contribution in [0.1, 0.15) is 27.9 Å². The van der Waals surface area contributed by atoms with Crippen LogP contribution >= 0.6 is 0 Å². The summed E-state index contributed by atoms with van der Waals surface area (Å²) >= 11 is 0. The molecule has 0 unspecified atom stereocenters. The van der Waals surface area contributed by atoms with Gasteiger partial charge >= 0.3 is 5.97 Å². The lowest BCUT2D eigenvalue weighted by molar-refractivity contribution is -0.142. The average Bonchev–Trinajstić information content (AvgIpc) is 2.80. The Balaban J connectivity index is 1.84. The van der Waals surface area contributed by atoms with Gasteiger partial charge in [0.25, 0.3) is 5.91 Å². The molecule has 0 aliphatic heterocycles. The summed E-state index contributed by atoms with van der Waals surface area (Å²) in [4.78, 5) is 28.3. The van der Waals surface area contributed by atoms with Crippen molar-refractivity contribution in [1.29, 1.82) is 5.26 Å². The summed E-state index contributed by atoms with van der Waals surface area (Å²) in [7, 11) is 0. The number of halogens is 1. The monoisotopic (exact) mass is 432 g/mol. The fourth-order valence-electron chi connectivity index (χ4n) is 3.11. The van der Waals surface area contributed by atoms with E-state index in [0.29, 0.717) is 5.56 Å². The quantitative estimate of drug-likeness (QED) is 0.415. The molecule has 7 nitrogen and oxygen atoms in total. The zero-order chi connectivity index (χ0) is 22.9. The number of esters is 1. The molecule has 0 spiro atoms. The van der Waals surface area contributed by atoms with Gasteiger partial charge in [0.1, 0.15) is 6.61 Å². The first-order valence-electron chi connectivity index (χ1n) is 9.87. The molecule has 32 heavy (non-hydrogen) atoms. The third kappa shape index (κ3) is 5.74. The van der Waals surface area contributed by atoms with Crippen molar-refractivity contribution in [2.75, 3.05) is 11.9 Å². The fourth-order valence-corrected chi connectivity index (χ4v) is 3.11. The first-order chi connectivity index (χ1) is 15.5. The number of nitrogens with two attached hydrogens (primary N) is 1. The lowest BCUT2D eigenvalue weighted by Gasteiger charge is -2.13. The smallest absolute Gasteiger partial charge is 0.310 e. The number of carbonyl (C=O) groups is 2. The molecule has 1 amide bonds. The van der Waals surface area contributed by atoms with Crippen LogP contribution < -0.4 is 11.1 Å². The predicted molar refractivity (Wildman–Crippen MR) is 117 cm³/mol. The molecule has 8 heteroatoms. The molecule has 0 aliphatic rings. The maximum Gasteiger partial charge on any atom is 0.310 e. The molecule has 3 aromatic rings. The second-order valence-corrected chi connectivity index (χ2v) is 6.89. The molecule has 162 valence electrons. The minimum atomic E-state index is -0.631. The Labute approximate surface area is 184 Å². The molecule has 0 fully saturated rings. The first-order valence-corrected chi connectivity index (χ1v) is 9.87. The van der Waals surface area contributed by atoms with Crippen LogP contribution in [0.5, 0.6) is 0 Å². The zero-order valence-electron chi connectivity index (χ0n) is 17.2. The number of pyridine rings is 1. The maximum absolute atomic E-state index is 13.8. The molecule has 0 aliphatic carbocycles. The molecule has 2 aromatic carbocycles. The molecule has 3 rings (SSSR count). The van der Waals surface area contributed by atoms with Gasteiger partial charge in [-0.15, -0.1) is 0 Å². The Morgan fingerprint density at radius 2 is 2.03 bits per heavy atom. The summed E-state index contributed by atoms with van der Waals surface area (Å²) in [5.74, 6) is -1.53. The van der Waals surface area contributed by atoms with Crippen LogP contribution in [0.15, 0.2) is 60.9 Å².